The second-order valence-electron chi connectivity index (χ2n) is 0. The van der Waals surface area contributed by atoms with Gasteiger partial charge in [-0.3, -0.25) is 0 Å². The summed E-state index contributed by atoms with van der Waals surface area (Å²) in [6, 6.07) is 0. The summed E-state index contributed by atoms with van der Waals surface area (Å²) < 4.78 is 0. The average Bonchev–Trinajstić information content (AvgIpc) is 0. The van der Waals surface area contributed by atoms with Crippen LogP contribution in [0.2, 0.25) is 0 Å². The van der Waals surface area contributed by atoms with E-state index in [1.807, 2.05) is 0 Å². The predicted molar refractivity (Wildman–Crippen MR) is 43.4 cm³/mol. The molecule has 145 valence electrons. The molecule has 3 radical (unpaired) electrons. The minimum atomic E-state index is 0. The van der Waals surface area contributed by atoms with Crippen LogP contribution in [0.4, 0.5) is 0 Å². The fourth-order valence-corrected chi connectivity index (χ4v) is 0. The van der Waals surface area contributed by atoms with E-state index in [4.69, 9.17) is 0 Å². The molecule has 0 unspecified atom stereocenters. The molecule has 0 aromatic heterocycles. The van der Waals surface area contributed by atoms with Crippen molar-refractivity contribution in [2.45, 2.75) is 0 Å². The van der Waals surface area contributed by atoms with E-state index < -0.39 is 0 Å². The molecule has 0 aliphatic carbocycles. The van der Waals surface area contributed by atoms with E-state index in [1.54, 1.807) is 0 Å². The van der Waals surface area contributed by atoms with E-state index in [1.165, 1.54) is 0 Å². The van der Waals surface area contributed by atoms with Gasteiger partial charge in [0.15, 0.2) is 0 Å². The van der Waals surface area contributed by atoms with Crippen molar-refractivity contribution in [3.8, 4) is 0 Å². The van der Waals surface area contributed by atoms with Gasteiger partial charge in [-0.15, -0.1) is 0 Å². The van der Waals surface area contributed by atoms with Crippen LogP contribution in [0.5, 0.6) is 0 Å². The van der Waals surface area contributed by atoms with Crippen molar-refractivity contribution in [3.63, 3.8) is 0 Å². The summed E-state index contributed by atoms with van der Waals surface area (Å²) in [5, 5.41) is 0. The van der Waals surface area contributed by atoms with Gasteiger partial charge in [0, 0.05) is 183 Å². The summed E-state index contributed by atoms with van der Waals surface area (Å²) in [5.74, 6) is 0. The van der Waals surface area contributed by atoms with Crippen LogP contribution in [0.1, 0.15) is 0 Å². The standard InChI is InChI=1S/5Fe.12H2O.3Y/h;;;;;12*1H2;;;. The van der Waals surface area contributed by atoms with Gasteiger partial charge in [-0.25, -0.2) is 0 Å². The molecule has 0 atom stereocenters. The maximum absolute atomic E-state index is 0. The Morgan fingerprint density at radius 1 is 0.150 bits per heavy atom. The van der Waals surface area contributed by atoms with E-state index in [2.05, 4.69) is 0 Å². The summed E-state index contributed by atoms with van der Waals surface area (Å²) in [4.78, 5) is 0. The van der Waals surface area contributed by atoms with Gasteiger partial charge in [-0.05, 0) is 0 Å². The second kappa shape index (κ2) is 455. The Morgan fingerprint density at radius 3 is 0.150 bits per heavy atom. The minimum Gasteiger partial charge on any atom is -0.412 e. The molecule has 0 rings (SSSR count). The van der Waals surface area contributed by atoms with Gasteiger partial charge in [-0.1, -0.05) is 0 Å². The van der Waals surface area contributed by atoms with Crippen LogP contribution in [-0.4, -0.2) is 65.7 Å². The van der Waals surface area contributed by atoms with Crippen molar-refractivity contribution in [2.24, 2.45) is 0 Å². The largest absolute Gasteiger partial charge is 0.412 e. The van der Waals surface area contributed by atoms with Crippen LogP contribution in [0.15, 0.2) is 0 Å². The monoisotopic (exact) mass is 763 g/mol. The van der Waals surface area contributed by atoms with Crippen LogP contribution in [0.3, 0.4) is 0 Å². The van der Waals surface area contributed by atoms with E-state index in [0.717, 1.165) is 0 Å². The number of hydrogen-bond acceptors (Lipinski definition) is 0. The third-order valence-electron chi connectivity index (χ3n) is 0. The number of hydrogen-bond donors (Lipinski definition) is 0. The van der Waals surface area contributed by atoms with Crippen LogP contribution >= 0.6 is 0 Å². The average molecular weight is 762 g/mol. The first-order chi connectivity index (χ1) is 0. The minimum absolute atomic E-state index is 0. The van der Waals surface area contributed by atoms with Crippen molar-refractivity contribution in [1.29, 1.82) is 0 Å². The summed E-state index contributed by atoms with van der Waals surface area (Å²) in [7, 11) is 0. The molecule has 0 spiro atoms. The molecule has 0 saturated carbocycles. The molecule has 0 bridgehead atoms. The molecule has 0 aromatic rings. The quantitative estimate of drug-likeness (QED) is 0.208. The van der Waals surface area contributed by atoms with Gasteiger partial charge in [0.1, 0.15) is 0 Å². The molecular weight excluding hydrogens is 738 g/mol. The fraction of sp³-hybridized carbons (Fsp3) is 0. The molecule has 0 aliphatic rings. The van der Waals surface area contributed by atoms with Gasteiger partial charge in [-0.2, -0.15) is 0 Å². The van der Waals surface area contributed by atoms with Crippen molar-refractivity contribution < 1.29 is 249 Å². The second-order valence-corrected chi connectivity index (χ2v) is 0. The van der Waals surface area contributed by atoms with Crippen molar-refractivity contribution >= 4 is 0 Å². The maximum Gasteiger partial charge on any atom is 0 e. The Hall–Kier alpha value is 5.43. The third kappa shape index (κ3) is 400. The van der Waals surface area contributed by atoms with E-state index in [9.17, 15) is 0 Å². The van der Waals surface area contributed by atoms with E-state index in [0.29, 0.717) is 0 Å². The topological polar surface area (TPSA) is 378 Å². The molecule has 0 aromatic carbocycles. The predicted octanol–water partition coefficient (Wildman–Crippen LogP) is -9.92. The zero-order valence-electron chi connectivity index (χ0n) is 9.50. The fourth-order valence-electron chi connectivity index (χ4n) is 0. The molecule has 20 heavy (non-hydrogen) atoms. The van der Waals surface area contributed by atoms with Crippen molar-refractivity contribution in [3.05, 3.63) is 0 Å². The molecule has 0 saturated heterocycles. The van der Waals surface area contributed by atoms with E-state index in [-0.39, 0.29) is 249 Å². The summed E-state index contributed by atoms with van der Waals surface area (Å²) in [6.45, 7) is 0. The molecular formula is H24Fe5O12Y3. The first-order valence-corrected chi connectivity index (χ1v) is 0. The first kappa shape index (κ1) is 515. The Balaban J connectivity index is 0. The first-order valence-electron chi connectivity index (χ1n) is 0. The van der Waals surface area contributed by atoms with Crippen molar-refractivity contribution in [2.75, 3.05) is 0 Å². The van der Waals surface area contributed by atoms with Gasteiger partial charge < -0.3 is 65.7 Å². The molecule has 0 amide bonds. The zero-order valence-corrected chi connectivity index (χ0v) is 23.5. The Bertz CT molecular complexity index is 27.1. The molecule has 12 nitrogen and oxygen atoms in total. The molecule has 20 heteroatoms. The number of rotatable bonds is 0. The van der Waals surface area contributed by atoms with Gasteiger partial charge in [0.2, 0.25) is 0 Å². The maximum atomic E-state index is 0. The van der Waals surface area contributed by atoms with Gasteiger partial charge >= 0.3 is 0 Å². The normalized spacial score (nSPS) is 0. The van der Waals surface area contributed by atoms with Crippen LogP contribution in [0, 0.1) is 0 Å². The summed E-state index contributed by atoms with van der Waals surface area (Å²) in [6.07, 6.45) is 0. The summed E-state index contributed by atoms with van der Waals surface area (Å²) in [5.41, 5.74) is 0. The van der Waals surface area contributed by atoms with E-state index >= 15 is 0 Å². The molecule has 0 heterocycles. The Morgan fingerprint density at radius 2 is 0.150 bits per heavy atom. The molecule has 24 N–H and O–H groups in total. The Labute approximate surface area is 244 Å². The third-order valence-corrected chi connectivity index (χ3v) is 0. The zero-order chi connectivity index (χ0) is 0. The smallest absolute Gasteiger partial charge is 0 e. The van der Waals surface area contributed by atoms with Gasteiger partial charge in [0.25, 0.3) is 0 Å². The molecule has 0 fully saturated rings. The van der Waals surface area contributed by atoms with Crippen LogP contribution in [0.25, 0.3) is 0 Å². The summed E-state index contributed by atoms with van der Waals surface area (Å²) >= 11 is 0. The van der Waals surface area contributed by atoms with Gasteiger partial charge in [0.05, 0.1) is 0 Å². The Kier molecular flexibility index (Phi) is 11700. The van der Waals surface area contributed by atoms with Crippen LogP contribution < -0.4 is 0 Å². The molecule has 0 aliphatic heterocycles. The SMILES string of the molecule is O.O.O.O.O.O.O.O.O.O.O.O.[Fe].[Fe].[Fe].[Fe].[Fe].[Y].[Y].[Y]. The van der Waals surface area contributed by atoms with Crippen molar-refractivity contribution in [1.82, 2.24) is 0 Å². The van der Waals surface area contributed by atoms with Crippen LogP contribution in [-0.2, 0) is 183 Å².